The van der Waals surface area contributed by atoms with Gasteiger partial charge < -0.3 is 10.3 Å². The molecule has 2 aromatic carbocycles. The Labute approximate surface area is 115 Å². The van der Waals surface area contributed by atoms with Crippen molar-refractivity contribution in [3.05, 3.63) is 65.6 Å². The highest BCUT2D eigenvalue weighted by molar-refractivity contribution is 5.83. The maximum absolute atomic E-state index is 13.2. The molecule has 0 unspecified atom stereocenters. The smallest absolute Gasteiger partial charge is 0.141 e. The van der Waals surface area contributed by atoms with Crippen LogP contribution in [0.25, 0.3) is 10.9 Å². The van der Waals surface area contributed by atoms with Gasteiger partial charge in [-0.3, -0.25) is 0 Å². The summed E-state index contributed by atoms with van der Waals surface area (Å²) in [5.74, 6) is -0.495. The van der Waals surface area contributed by atoms with Gasteiger partial charge in [0.25, 0.3) is 0 Å². The van der Waals surface area contributed by atoms with Gasteiger partial charge in [-0.25, -0.2) is 4.39 Å². The zero-order chi connectivity index (χ0) is 13.9. The number of H-pyrrole nitrogens is 1. The van der Waals surface area contributed by atoms with Crippen LogP contribution in [0.2, 0.25) is 0 Å². The van der Waals surface area contributed by atoms with Crippen molar-refractivity contribution in [3.8, 4) is 6.07 Å². The van der Waals surface area contributed by atoms with Gasteiger partial charge in [0.15, 0.2) is 0 Å². The highest BCUT2D eigenvalue weighted by Crippen LogP contribution is 2.20. The molecule has 0 fully saturated rings. The molecular formula is C16H12FN3. The number of hydrogen-bond acceptors (Lipinski definition) is 2. The largest absolute Gasteiger partial charge is 0.381 e. The first-order chi connectivity index (χ1) is 9.78. The topological polar surface area (TPSA) is 51.6 Å². The molecule has 3 rings (SSSR count). The summed E-state index contributed by atoms with van der Waals surface area (Å²) in [4.78, 5) is 3.20. The molecular weight excluding hydrogens is 253 g/mol. The van der Waals surface area contributed by atoms with Crippen molar-refractivity contribution in [2.45, 2.75) is 6.54 Å². The van der Waals surface area contributed by atoms with Crippen molar-refractivity contribution < 1.29 is 4.39 Å². The number of halogens is 1. The third kappa shape index (κ3) is 2.21. The molecule has 3 nitrogen and oxygen atoms in total. The maximum atomic E-state index is 13.2. The van der Waals surface area contributed by atoms with Gasteiger partial charge in [0, 0.05) is 29.3 Å². The molecule has 0 bridgehead atoms. The van der Waals surface area contributed by atoms with Gasteiger partial charge in [0.2, 0.25) is 0 Å². The van der Waals surface area contributed by atoms with Crippen LogP contribution in [0, 0.1) is 17.1 Å². The number of aromatic nitrogens is 1. The van der Waals surface area contributed by atoms with Crippen LogP contribution in [-0.2, 0) is 6.54 Å². The lowest BCUT2D eigenvalue weighted by atomic mass is 10.1. The summed E-state index contributed by atoms with van der Waals surface area (Å²) in [7, 11) is 0. The minimum Gasteiger partial charge on any atom is -0.381 e. The Hall–Kier alpha value is -2.80. The number of rotatable bonds is 3. The molecule has 20 heavy (non-hydrogen) atoms. The van der Waals surface area contributed by atoms with E-state index in [2.05, 4.69) is 10.3 Å². The number of fused-ring (bicyclic) bond motifs is 1. The van der Waals surface area contributed by atoms with E-state index >= 15 is 0 Å². The van der Waals surface area contributed by atoms with E-state index in [0.29, 0.717) is 6.54 Å². The van der Waals surface area contributed by atoms with Crippen molar-refractivity contribution in [3.63, 3.8) is 0 Å². The highest BCUT2D eigenvalue weighted by Gasteiger charge is 2.05. The SMILES string of the molecule is N#Cc1cc(NCc2c[nH]c3ccccc23)ccc1F. The lowest BCUT2D eigenvalue weighted by Gasteiger charge is -2.06. The molecule has 0 aliphatic heterocycles. The van der Waals surface area contributed by atoms with Gasteiger partial charge in [-0.2, -0.15) is 5.26 Å². The van der Waals surface area contributed by atoms with E-state index in [4.69, 9.17) is 5.26 Å². The molecule has 4 heteroatoms. The van der Waals surface area contributed by atoms with E-state index in [1.807, 2.05) is 36.5 Å². The molecule has 0 atom stereocenters. The van der Waals surface area contributed by atoms with Crippen LogP contribution in [-0.4, -0.2) is 4.98 Å². The molecule has 0 spiro atoms. The Kier molecular flexibility index (Phi) is 3.10. The van der Waals surface area contributed by atoms with E-state index in [0.717, 1.165) is 22.2 Å². The average molecular weight is 265 g/mol. The average Bonchev–Trinajstić information content (AvgIpc) is 2.90. The van der Waals surface area contributed by atoms with E-state index < -0.39 is 5.82 Å². The van der Waals surface area contributed by atoms with E-state index in [1.165, 1.54) is 12.1 Å². The Morgan fingerprint density at radius 1 is 1.20 bits per heavy atom. The lowest BCUT2D eigenvalue weighted by molar-refractivity contribution is 0.624. The van der Waals surface area contributed by atoms with Crippen molar-refractivity contribution in [1.82, 2.24) is 4.98 Å². The number of hydrogen-bond donors (Lipinski definition) is 2. The number of nitrogens with zero attached hydrogens (tertiary/aromatic N) is 1. The van der Waals surface area contributed by atoms with Crippen molar-refractivity contribution in [1.29, 1.82) is 5.26 Å². The van der Waals surface area contributed by atoms with Gasteiger partial charge in [0.1, 0.15) is 11.9 Å². The highest BCUT2D eigenvalue weighted by atomic mass is 19.1. The van der Waals surface area contributed by atoms with Crippen molar-refractivity contribution in [2.24, 2.45) is 0 Å². The molecule has 0 saturated heterocycles. The monoisotopic (exact) mass is 265 g/mol. The van der Waals surface area contributed by atoms with Crippen LogP contribution in [0.4, 0.5) is 10.1 Å². The maximum Gasteiger partial charge on any atom is 0.141 e. The van der Waals surface area contributed by atoms with E-state index in [1.54, 1.807) is 6.07 Å². The number of benzene rings is 2. The molecule has 1 aromatic heterocycles. The third-order valence-electron chi connectivity index (χ3n) is 3.24. The van der Waals surface area contributed by atoms with E-state index in [-0.39, 0.29) is 5.56 Å². The lowest BCUT2D eigenvalue weighted by Crippen LogP contribution is -1.99. The second-order valence-corrected chi connectivity index (χ2v) is 4.52. The predicted molar refractivity (Wildman–Crippen MR) is 76.7 cm³/mol. The van der Waals surface area contributed by atoms with Crippen LogP contribution >= 0.6 is 0 Å². The zero-order valence-electron chi connectivity index (χ0n) is 10.7. The summed E-state index contributed by atoms with van der Waals surface area (Å²) in [6, 6.07) is 14.3. The third-order valence-corrected chi connectivity index (χ3v) is 3.24. The summed E-state index contributed by atoms with van der Waals surface area (Å²) in [6.07, 6.45) is 1.95. The van der Waals surface area contributed by atoms with Gasteiger partial charge in [-0.1, -0.05) is 18.2 Å². The minimum atomic E-state index is -0.495. The standard InChI is InChI=1S/C16H12FN3/c17-15-6-5-13(7-11(15)8-18)19-9-12-10-20-16-4-2-1-3-14(12)16/h1-7,10,19-20H,9H2. The van der Waals surface area contributed by atoms with Gasteiger partial charge in [-0.05, 0) is 29.8 Å². The van der Waals surface area contributed by atoms with Crippen molar-refractivity contribution >= 4 is 16.6 Å². The molecule has 0 aliphatic carbocycles. The predicted octanol–water partition coefficient (Wildman–Crippen LogP) is 3.79. The number of nitrogens with one attached hydrogen (secondary N) is 2. The van der Waals surface area contributed by atoms with Crippen LogP contribution in [0.5, 0.6) is 0 Å². The van der Waals surface area contributed by atoms with Gasteiger partial charge in [0.05, 0.1) is 5.56 Å². The number of para-hydroxylation sites is 1. The number of nitriles is 1. The Morgan fingerprint density at radius 2 is 2.05 bits per heavy atom. The summed E-state index contributed by atoms with van der Waals surface area (Å²) >= 11 is 0. The first-order valence-corrected chi connectivity index (χ1v) is 6.26. The Morgan fingerprint density at radius 3 is 2.90 bits per heavy atom. The second kappa shape index (κ2) is 5.06. The molecule has 98 valence electrons. The van der Waals surface area contributed by atoms with Crippen LogP contribution in [0.3, 0.4) is 0 Å². The van der Waals surface area contributed by atoms with Crippen LogP contribution < -0.4 is 5.32 Å². The summed E-state index contributed by atoms with van der Waals surface area (Å²) in [5.41, 5.74) is 2.99. The van der Waals surface area contributed by atoms with Crippen LogP contribution in [0.1, 0.15) is 11.1 Å². The molecule has 0 aliphatic rings. The van der Waals surface area contributed by atoms with Crippen molar-refractivity contribution in [2.75, 3.05) is 5.32 Å². The fourth-order valence-electron chi connectivity index (χ4n) is 2.20. The van der Waals surface area contributed by atoms with E-state index in [9.17, 15) is 4.39 Å². The normalized spacial score (nSPS) is 10.4. The fraction of sp³-hybridized carbons (Fsp3) is 0.0625. The number of anilines is 1. The fourth-order valence-corrected chi connectivity index (χ4v) is 2.20. The molecule has 0 amide bonds. The summed E-state index contributed by atoms with van der Waals surface area (Å²) < 4.78 is 13.2. The summed E-state index contributed by atoms with van der Waals surface area (Å²) in [5, 5.41) is 13.2. The summed E-state index contributed by atoms with van der Waals surface area (Å²) in [6.45, 7) is 0.612. The first-order valence-electron chi connectivity index (χ1n) is 6.26. The number of aromatic amines is 1. The quantitative estimate of drug-likeness (QED) is 0.757. The molecule has 2 N–H and O–H groups in total. The van der Waals surface area contributed by atoms with Crippen LogP contribution in [0.15, 0.2) is 48.7 Å². The Balaban J connectivity index is 1.81. The molecule has 0 saturated carbocycles. The minimum absolute atomic E-state index is 0.0499. The first kappa shape index (κ1) is 12.2. The molecule has 1 heterocycles. The zero-order valence-corrected chi connectivity index (χ0v) is 10.7. The second-order valence-electron chi connectivity index (χ2n) is 4.52. The molecule has 3 aromatic rings. The Bertz CT molecular complexity index is 799. The van der Waals surface area contributed by atoms with Gasteiger partial charge in [-0.15, -0.1) is 0 Å². The van der Waals surface area contributed by atoms with Gasteiger partial charge >= 0.3 is 0 Å². The molecule has 0 radical (unpaired) electrons.